The molecule has 0 aromatic rings. The van der Waals surface area contributed by atoms with Crippen molar-refractivity contribution in [1.29, 1.82) is 0 Å². The molecule has 0 N–H and O–H groups in total. The van der Waals surface area contributed by atoms with E-state index in [1.165, 1.54) is 25.1 Å². The number of allylic oxidation sites excluding steroid dienone is 2. The van der Waals surface area contributed by atoms with Crippen LogP contribution in [0.15, 0.2) is 10.7 Å². The van der Waals surface area contributed by atoms with Crippen molar-refractivity contribution < 1.29 is 4.34 Å². The summed E-state index contributed by atoms with van der Waals surface area (Å²) in [6.07, 6.45) is 2.96. The van der Waals surface area contributed by atoms with Crippen molar-refractivity contribution in [1.82, 2.24) is 0 Å². The van der Waals surface area contributed by atoms with Gasteiger partial charge in [0.25, 0.3) is 0 Å². The molecule has 1 unspecified atom stereocenters. The minimum atomic E-state index is -1.52. The summed E-state index contributed by atoms with van der Waals surface area (Å²) in [4.78, 5) is 0. The Hall–Kier alpha value is -0.0182. The Balaban J connectivity index is 3.18. The van der Waals surface area contributed by atoms with Gasteiger partial charge in [-0.15, -0.1) is 0 Å². The van der Waals surface area contributed by atoms with Gasteiger partial charge in [0.2, 0.25) is 0 Å². The Kier molecular flexibility index (Phi) is 3.88. The van der Waals surface area contributed by atoms with Crippen LogP contribution in [0.3, 0.4) is 0 Å². The molecule has 1 atom stereocenters. The first-order valence-corrected chi connectivity index (χ1v) is 9.20. The molecule has 0 bridgehead atoms. The van der Waals surface area contributed by atoms with E-state index in [2.05, 4.69) is 41.2 Å². The summed E-state index contributed by atoms with van der Waals surface area (Å²) in [5.41, 5.74) is 1.68. The number of hydrogen-bond acceptors (Lipinski definition) is 1. The lowest BCUT2D eigenvalue weighted by atomic mass is 9.32. The molecule has 0 radical (unpaired) electrons. The highest BCUT2D eigenvalue weighted by Crippen LogP contribution is 2.44. The molecular formula is C12H26BOSi-. The third-order valence-corrected chi connectivity index (χ3v) is 9.00. The first kappa shape index (κ1) is 13.0. The van der Waals surface area contributed by atoms with E-state index >= 15 is 0 Å². The minimum Gasteiger partial charge on any atom is -0.628 e. The molecule has 1 rings (SSSR count). The van der Waals surface area contributed by atoms with Gasteiger partial charge in [-0.3, -0.25) is 0 Å². The highest BCUT2D eigenvalue weighted by atomic mass is 28.4. The van der Waals surface area contributed by atoms with Gasteiger partial charge in [0.15, 0.2) is 8.32 Å². The van der Waals surface area contributed by atoms with Gasteiger partial charge in [-0.2, -0.15) is 12.6 Å². The second-order valence-corrected chi connectivity index (χ2v) is 9.33. The van der Waals surface area contributed by atoms with Gasteiger partial charge in [-0.25, -0.2) is 5.47 Å². The SMILES string of the molecule is CCC1=C(C)[Si](C)(CC)O[B-]1(CC)CC. The molecule has 15 heavy (non-hydrogen) atoms. The summed E-state index contributed by atoms with van der Waals surface area (Å²) in [6.45, 7) is 13.9. The summed E-state index contributed by atoms with van der Waals surface area (Å²) in [6, 6.07) is 1.23. The van der Waals surface area contributed by atoms with E-state index in [-0.39, 0.29) is 0 Å². The maximum Gasteiger partial charge on any atom is 0.167 e. The average molecular weight is 225 g/mol. The van der Waals surface area contributed by atoms with Gasteiger partial charge >= 0.3 is 0 Å². The second-order valence-electron chi connectivity index (χ2n) is 5.17. The maximum atomic E-state index is 6.63. The average Bonchev–Trinajstić information content (AvgIpc) is 2.49. The maximum absolute atomic E-state index is 6.63. The molecule has 0 amide bonds. The normalized spacial score (nSPS) is 30.0. The molecule has 0 spiro atoms. The van der Waals surface area contributed by atoms with Crippen LogP contribution in [0.4, 0.5) is 0 Å². The quantitative estimate of drug-likeness (QED) is 0.644. The molecule has 1 heterocycles. The number of rotatable bonds is 4. The lowest BCUT2D eigenvalue weighted by Gasteiger charge is -2.41. The highest BCUT2D eigenvalue weighted by molar-refractivity contribution is 6.98. The first-order chi connectivity index (χ1) is 6.99. The molecule has 0 fully saturated rings. The third-order valence-electron chi connectivity index (χ3n) is 4.77. The Morgan fingerprint density at radius 3 is 1.93 bits per heavy atom. The van der Waals surface area contributed by atoms with Crippen LogP contribution in [0, 0.1) is 0 Å². The fourth-order valence-corrected chi connectivity index (χ4v) is 6.79. The molecule has 0 saturated heterocycles. The van der Waals surface area contributed by atoms with Crippen LogP contribution in [0.5, 0.6) is 0 Å². The molecule has 1 nitrogen and oxygen atoms in total. The molecule has 3 heteroatoms. The molecule has 1 aliphatic heterocycles. The summed E-state index contributed by atoms with van der Waals surface area (Å²) in [5, 5.41) is 1.65. The molecule has 1 aliphatic rings. The van der Waals surface area contributed by atoms with Crippen LogP contribution < -0.4 is 0 Å². The van der Waals surface area contributed by atoms with E-state index in [0.29, 0.717) is 0 Å². The van der Waals surface area contributed by atoms with Gasteiger partial charge in [-0.1, -0.05) is 39.3 Å². The Labute approximate surface area is 96.4 Å². The Morgan fingerprint density at radius 2 is 1.67 bits per heavy atom. The molecule has 0 aromatic carbocycles. The number of hydrogen-bond donors (Lipinski definition) is 0. The monoisotopic (exact) mass is 225 g/mol. The topological polar surface area (TPSA) is 9.23 Å². The van der Waals surface area contributed by atoms with E-state index in [1.807, 2.05) is 0 Å². The summed E-state index contributed by atoms with van der Waals surface area (Å²) >= 11 is 0. The van der Waals surface area contributed by atoms with Gasteiger partial charge in [0.05, 0.1) is 0 Å². The van der Waals surface area contributed by atoms with Crippen molar-refractivity contribution >= 4 is 14.7 Å². The summed E-state index contributed by atoms with van der Waals surface area (Å²) < 4.78 is 6.63. The van der Waals surface area contributed by atoms with E-state index in [9.17, 15) is 0 Å². The highest BCUT2D eigenvalue weighted by Gasteiger charge is 2.42. The standard InChI is InChI=1S/C12H26BOSi/c1-7-12-11(5)15(6,10-4)14-13(12,8-2)9-3/h7-10H2,1-6H3/q-1. The molecule has 88 valence electrons. The summed E-state index contributed by atoms with van der Waals surface area (Å²) in [5.74, 6) is 0. The molecular weight excluding hydrogens is 199 g/mol. The van der Waals surface area contributed by atoms with Crippen LogP contribution in [0.25, 0.3) is 0 Å². The van der Waals surface area contributed by atoms with E-state index < -0.39 is 14.7 Å². The van der Waals surface area contributed by atoms with Gasteiger partial charge in [0.1, 0.15) is 6.35 Å². The van der Waals surface area contributed by atoms with Crippen molar-refractivity contribution in [2.45, 2.75) is 66.3 Å². The van der Waals surface area contributed by atoms with E-state index in [4.69, 9.17) is 4.34 Å². The lowest BCUT2D eigenvalue weighted by Crippen LogP contribution is -2.43. The van der Waals surface area contributed by atoms with Crippen molar-refractivity contribution in [3.63, 3.8) is 0 Å². The van der Waals surface area contributed by atoms with Crippen molar-refractivity contribution in [3.8, 4) is 0 Å². The predicted molar refractivity (Wildman–Crippen MR) is 72.9 cm³/mol. The zero-order valence-electron chi connectivity index (χ0n) is 11.3. The minimum absolute atomic E-state index is 0.618. The van der Waals surface area contributed by atoms with Gasteiger partial charge in [0, 0.05) is 0 Å². The van der Waals surface area contributed by atoms with Crippen molar-refractivity contribution in [2.75, 3.05) is 0 Å². The predicted octanol–water partition coefficient (Wildman–Crippen LogP) is 4.40. The van der Waals surface area contributed by atoms with Gasteiger partial charge < -0.3 is 4.34 Å². The zero-order valence-corrected chi connectivity index (χ0v) is 12.3. The van der Waals surface area contributed by atoms with Crippen LogP contribution >= 0.6 is 0 Å². The fourth-order valence-electron chi connectivity index (χ4n) is 3.33. The zero-order chi connectivity index (χ0) is 11.7. The van der Waals surface area contributed by atoms with E-state index in [0.717, 1.165) is 0 Å². The lowest BCUT2D eigenvalue weighted by molar-refractivity contribution is 0.549. The van der Waals surface area contributed by atoms with Crippen LogP contribution in [0.1, 0.15) is 41.0 Å². The van der Waals surface area contributed by atoms with Crippen molar-refractivity contribution in [2.24, 2.45) is 0 Å². The second kappa shape index (κ2) is 4.46. The van der Waals surface area contributed by atoms with Crippen LogP contribution in [0.2, 0.25) is 25.2 Å². The largest absolute Gasteiger partial charge is 0.628 e. The molecule has 0 aliphatic carbocycles. The molecule has 0 saturated carbocycles. The summed E-state index contributed by atoms with van der Waals surface area (Å²) in [7, 11) is -1.52. The Morgan fingerprint density at radius 1 is 1.13 bits per heavy atom. The smallest absolute Gasteiger partial charge is 0.167 e. The van der Waals surface area contributed by atoms with Crippen molar-refractivity contribution in [3.05, 3.63) is 10.7 Å². The van der Waals surface area contributed by atoms with Crippen LogP contribution in [-0.2, 0) is 4.34 Å². The van der Waals surface area contributed by atoms with Gasteiger partial charge in [-0.05, 0) is 19.5 Å². The first-order valence-electron chi connectivity index (χ1n) is 6.58. The van der Waals surface area contributed by atoms with E-state index in [1.54, 1.807) is 10.7 Å². The fraction of sp³-hybridized carbons (Fsp3) is 0.833. The Bertz CT molecular complexity index is 271. The third kappa shape index (κ3) is 1.85. The molecule has 0 aromatic heterocycles. The van der Waals surface area contributed by atoms with Crippen LogP contribution in [-0.4, -0.2) is 14.7 Å².